The van der Waals surface area contributed by atoms with Crippen molar-refractivity contribution < 1.29 is 0 Å². The van der Waals surface area contributed by atoms with Crippen molar-refractivity contribution >= 4 is 0 Å². The van der Waals surface area contributed by atoms with E-state index >= 15 is 0 Å². The molecule has 0 saturated heterocycles. The second-order valence-corrected chi connectivity index (χ2v) is 5.13. The fraction of sp³-hybridized carbons (Fsp3) is 0.417. The van der Waals surface area contributed by atoms with Crippen molar-refractivity contribution in [2.45, 2.75) is 32.9 Å². The van der Waals surface area contributed by atoms with Crippen LogP contribution < -0.4 is 10.9 Å². The van der Waals surface area contributed by atoms with Crippen molar-refractivity contribution in [2.75, 3.05) is 0 Å². The van der Waals surface area contributed by atoms with Gasteiger partial charge in [0.2, 0.25) is 0 Å². The Morgan fingerprint density at radius 2 is 2.06 bits per heavy atom. The van der Waals surface area contributed by atoms with Gasteiger partial charge in [-0.25, -0.2) is 9.97 Å². The molecule has 18 heavy (non-hydrogen) atoms. The lowest BCUT2D eigenvalue weighted by Gasteiger charge is -2.20. The summed E-state index contributed by atoms with van der Waals surface area (Å²) in [6.07, 6.45) is 4.88. The van der Waals surface area contributed by atoms with E-state index < -0.39 is 0 Å². The van der Waals surface area contributed by atoms with Crippen molar-refractivity contribution in [1.29, 1.82) is 0 Å². The Balaban J connectivity index is 2.19. The number of rotatable bonds is 3. The van der Waals surface area contributed by atoms with Crippen LogP contribution in [-0.2, 0) is 6.54 Å². The average molecular weight is 247 g/mol. The van der Waals surface area contributed by atoms with Gasteiger partial charge in [0, 0.05) is 36.2 Å². The minimum absolute atomic E-state index is 0.0356. The fourth-order valence-corrected chi connectivity index (χ4v) is 1.42. The zero-order chi connectivity index (χ0) is 13.2. The zero-order valence-corrected chi connectivity index (χ0v) is 10.7. The van der Waals surface area contributed by atoms with Gasteiger partial charge < -0.3 is 15.3 Å². The van der Waals surface area contributed by atoms with Crippen LogP contribution in [0.25, 0.3) is 11.6 Å². The Bertz CT molecular complexity index is 565. The highest BCUT2D eigenvalue weighted by Gasteiger charge is 2.11. The summed E-state index contributed by atoms with van der Waals surface area (Å²) in [6.45, 7) is 6.63. The van der Waals surface area contributed by atoms with Gasteiger partial charge in [0.05, 0.1) is 0 Å². The maximum Gasteiger partial charge on any atom is 0.255 e. The number of aromatic amines is 2. The lowest BCUT2D eigenvalue weighted by atomic mass is 10.1. The molecule has 6 heteroatoms. The van der Waals surface area contributed by atoms with Gasteiger partial charge in [-0.1, -0.05) is 0 Å². The Labute approximate surface area is 105 Å². The summed E-state index contributed by atoms with van der Waals surface area (Å²) in [5, 5.41) is 3.25. The zero-order valence-electron chi connectivity index (χ0n) is 10.7. The van der Waals surface area contributed by atoms with Crippen LogP contribution in [0.5, 0.6) is 0 Å². The summed E-state index contributed by atoms with van der Waals surface area (Å²) in [5.41, 5.74) is 0.431. The summed E-state index contributed by atoms with van der Waals surface area (Å²) < 4.78 is 0. The third-order valence-corrected chi connectivity index (χ3v) is 2.40. The van der Waals surface area contributed by atoms with E-state index in [0.717, 1.165) is 0 Å². The number of nitrogens with one attached hydrogen (secondary N) is 3. The lowest BCUT2D eigenvalue weighted by molar-refractivity contribution is 0.423. The van der Waals surface area contributed by atoms with Crippen molar-refractivity contribution in [3.63, 3.8) is 0 Å². The summed E-state index contributed by atoms with van der Waals surface area (Å²) in [7, 11) is 0. The highest BCUT2D eigenvalue weighted by atomic mass is 16.1. The quantitative estimate of drug-likeness (QED) is 0.756. The van der Waals surface area contributed by atoms with Crippen LogP contribution in [0.1, 0.15) is 26.3 Å². The van der Waals surface area contributed by atoms with E-state index in [1.807, 2.05) is 20.8 Å². The van der Waals surface area contributed by atoms with Gasteiger partial charge in [0.15, 0.2) is 11.6 Å². The molecule has 0 amide bonds. The molecule has 0 atom stereocenters. The molecule has 0 fully saturated rings. The molecule has 2 heterocycles. The first-order valence-electron chi connectivity index (χ1n) is 5.79. The number of hydrogen-bond donors (Lipinski definition) is 3. The van der Waals surface area contributed by atoms with E-state index in [9.17, 15) is 4.79 Å². The van der Waals surface area contributed by atoms with Gasteiger partial charge in [0.1, 0.15) is 0 Å². The summed E-state index contributed by atoms with van der Waals surface area (Å²) >= 11 is 0. The molecule has 0 unspecified atom stereocenters. The van der Waals surface area contributed by atoms with Crippen molar-refractivity contribution in [1.82, 2.24) is 25.3 Å². The third kappa shape index (κ3) is 3.04. The molecule has 3 N–H and O–H groups in total. The molecule has 0 saturated carbocycles. The largest absolute Gasteiger partial charge is 0.342 e. The predicted molar refractivity (Wildman–Crippen MR) is 69.0 cm³/mol. The smallest absolute Gasteiger partial charge is 0.255 e. The fourth-order valence-electron chi connectivity index (χ4n) is 1.42. The predicted octanol–water partition coefficient (Wildman–Crippen LogP) is 1.05. The first-order chi connectivity index (χ1) is 8.46. The molecule has 6 nitrogen and oxygen atoms in total. The van der Waals surface area contributed by atoms with Gasteiger partial charge in [-0.3, -0.25) is 4.79 Å². The minimum Gasteiger partial charge on any atom is -0.342 e. The molecule has 0 aromatic carbocycles. The molecule has 2 aromatic heterocycles. The van der Waals surface area contributed by atoms with Crippen molar-refractivity contribution in [3.8, 4) is 11.6 Å². The summed E-state index contributed by atoms with van der Waals surface area (Å²) in [4.78, 5) is 25.7. The van der Waals surface area contributed by atoms with E-state index in [0.29, 0.717) is 23.8 Å². The molecule has 0 aliphatic heterocycles. The molecule has 0 aliphatic rings. The molecular weight excluding hydrogens is 230 g/mol. The van der Waals surface area contributed by atoms with Crippen LogP contribution in [0, 0.1) is 0 Å². The highest BCUT2D eigenvalue weighted by molar-refractivity contribution is 5.41. The number of H-pyrrole nitrogens is 2. The summed E-state index contributed by atoms with van der Waals surface area (Å²) in [6, 6.07) is 0. The minimum atomic E-state index is -0.145. The third-order valence-electron chi connectivity index (χ3n) is 2.40. The van der Waals surface area contributed by atoms with E-state index in [1.54, 1.807) is 18.6 Å². The maximum atomic E-state index is 11.9. The first-order valence-corrected chi connectivity index (χ1v) is 5.79. The van der Waals surface area contributed by atoms with Gasteiger partial charge in [-0.15, -0.1) is 0 Å². The maximum absolute atomic E-state index is 11.9. The van der Waals surface area contributed by atoms with Crippen LogP contribution in [0.15, 0.2) is 23.4 Å². The number of nitrogens with zero attached hydrogens (tertiary/aromatic N) is 2. The number of imidazole rings is 1. The molecule has 0 radical (unpaired) electrons. The molecule has 0 spiro atoms. The monoisotopic (exact) mass is 247 g/mol. The van der Waals surface area contributed by atoms with Gasteiger partial charge >= 0.3 is 0 Å². The number of aromatic nitrogens is 4. The van der Waals surface area contributed by atoms with E-state index in [-0.39, 0.29) is 11.1 Å². The molecular formula is C12H17N5O. The van der Waals surface area contributed by atoms with Gasteiger partial charge in [-0.2, -0.15) is 0 Å². The molecule has 2 rings (SSSR count). The van der Waals surface area contributed by atoms with Gasteiger partial charge in [-0.05, 0) is 20.8 Å². The van der Waals surface area contributed by atoms with Crippen molar-refractivity contribution in [2.24, 2.45) is 0 Å². The topological polar surface area (TPSA) is 86.5 Å². The molecule has 2 aromatic rings. The lowest BCUT2D eigenvalue weighted by Crippen LogP contribution is -2.36. The highest BCUT2D eigenvalue weighted by Crippen LogP contribution is 2.06. The Morgan fingerprint density at radius 1 is 1.28 bits per heavy atom. The first kappa shape index (κ1) is 12.5. The van der Waals surface area contributed by atoms with Crippen molar-refractivity contribution in [3.05, 3.63) is 34.5 Å². The standard InChI is InChI=1S/C12H17N5O/c1-12(2,3)16-7-8-6-15-10(17-11(8)18)9-13-4-5-14-9/h4-6,16H,7H2,1-3H3,(H,13,14)(H,15,17,18). The molecule has 0 bridgehead atoms. The Hall–Kier alpha value is -1.95. The van der Waals surface area contributed by atoms with Gasteiger partial charge in [0.25, 0.3) is 5.56 Å². The van der Waals surface area contributed by atoms with Crippen LogP contribution in [-0.4, -0.2) is 25.5 Å². The van der Waals surface area contributed by atoms with Crippen LogP contribution >= 0.6 is 0 Å². The second kappa shape index (κ2) is 4.73. The Morgan fingerprint density at radius 3 is 2.61 bits per heavy atom. The van der Waals surface area contributed by atoms with E-state index in [4.69, 9.17) is 0 Å². The van der Waals surface area contributed by atoms with Crippen LogP contribution in [0.3, 0.4) is 0 Å². The molecule has 96 valence electrons. The summed E-state index contributed by atoms with van der Waals surface area (Å²) in [5.74, 6) is 1.01. The van der Waals surface area contributed by atoms with E-state index in [1.165, 1.54) is 0 Å². The molecule has 0 aliphatic carbocycles. The Kier molecular flexibility index (Phi) is 3.29. The number of hydrogen-bond acceptors (Lipinski definition) is 4. The average Bonchev–Trinajstić information content (AvgIpc) is 2.79. The van der Waals surface area contributed by atoms with Crippen LogP contribution in [0.2, 0.25) is 0 Å². The van der Waals surface area contributed by atoms with Crippen LogP contribution in [0.4, 0.5) is 0 Å². The normalized spacial score (nSPS) is 11.7. The second-order valence-electron chi connectivity index (χ2n) is 5.13. The van der Waals surface area contributed by atoms with E-state index in [2.05, 4.69) is 25.3 Å². The SMILES string of the molecule is CC(C)(C)NCc1cnc(-c2ncc[nH]2)[nH]c1=O.